The van der Waals surface area contributed by atoms with Gasteiger partial charge in [-0.2, -0.15) is 11.8 Å². The van der Waals surface area contributed by atoms with E-state index in [1.807, 2.05) is 42.2 Å². The van der Waals surface area contributed by atoms with E-state index in [2.05, 4.69) is 10.3 Å². The molecule has 18 heavy (non-hydrogen) atoms. The smallest absolute Gasteiger partial charge is 0.0953 e. The second-order valence-corrected chi connectivity index (χ2v) is 5.86. The molecule has 2 heterocycles. The molecule has 0 saturated carbocycles. The van der Waals surface area contributed by atoms with E-state index in [-0.39, 0.29) is 0 Å². The van der Waals surface area contributed by atoms with Crippen LogP contribution in [0.4, 0.5) is 11.4 Å². The van der Waals surface area contributed by atoms with Crippen molar-refractivity contribution in [2.24, 2.45) is 5.92 Å². The van der Waals surface area contributed by atoms with Gasteiger partial charge >= 0.3 is 0 Å². The number of hydrogen-bond acceptors (Lipinski definition) is 4. The van der Waals surface area contributed by atoms with E-state index in [1.54, 1.807) is 0 Å². The van der Waals surface area contributed by atoms with Crippen molar-refractivity contribution < 1.29 is 0 Å². The molecule has 2 aromatic rings. The molecule has 0 aliphatic carbocycles. The van der Waals surface area contributed by atoms with Gasteiger partial charge in [0.2, 0.25) is 0 Å². The van der Waals surface area contributed by atoms with Crippen LogP contribution >= 0.6 is 11.8 Å². The van der Waals surface area contributed by atoms with E-state index in [0.717, 1.165) is 34.7 Å². The van der Waals surface area contributed by atoms with Crippen molar-refractivity contribution in [2.75, 3.05) is 29.1 Å². The highest BCUT2D eigenvalue weighted by Crippen LogP contribution is 2.28. The molecule has 0 radical (unpaired) electrons. The summed E-state index contributed by atoms with van der Waals surface area (Å²) in [7, 11) is 0. The molecule has 3 rings (SSSR count). The SMILES string of the molecule is Nc1ccc(NCC2CCSC2)c2ncccc12. The van der Waals surface area contributed by atoms with Gasteiger partial charge in [-0.25, -0.2) is 0 Å². The van der Waals surface area contributed by atoms with Crippen molar-refractivity contribution in [3.8, 4) is 0 Å². The van der Waals surface area contributed by atoms with Crippen molar-refractivity contribution >= 4 is 34.0 Å². The minimum Gasteiger partial charge on any atom is -0.398 e. The molecule has 0 amide bonds. The molecule has 1 saturated heterocycles. The molecule has 4 heteroatoms. The monoisotopic (exact) mass is 259 g/mol. The highest BCUT2D eigenvalue weighted by Gasteiger charge is 2.15. The fourth-order valence-electron chi connectivity index (χ4n) is 2.34. The quantitative estimate of drug-likeness (QED) is 0.832. The van der Waals surface area contributed by atoms with Crippen LogP contribution < -0.4 is 11.1 Å². The largest absolute Gasteiger partial charge is 0.398 e. The van der Waals surface area contributed by atoms with Gasteiger partial charge in [-0.3, -0.25) is 4.98 Å². The van der Waals surface area contributed by atoms with Gasteiger partial charge in [0.25, 0.3) is 0 Å². The van der Waals surface area contributed by atoms with E-state index in [9.17, 15) is 0 Å². The van der Waals surface area contributed by atoms with Gasteiger partial charge in [0.1, 0.15) is 0 Å². The molecule has 1 aromatic carbocycles. The number of benzene rings is 1. The minimum absolute atomic E-state index is 0.784. The van der Waals surface area contributed by atoms with E-state index >= 15 is 0 Å². The van der Waals surface area contributed by atoms with Crippen LogP contribution in [0.1, 0.15) is 6.42 Å². The van der Waals surface area contributed by atoms with Crippen molar-refractivity contribution in [1.82, 2.24) is 4.98 Å². The van der Waals surface area contributed by atoms with Crippen LogP contribution in [0.15, 0.2) is 30.5 Å². The summed E-state index contributed by atoms with van der Waals surface area (Å²) in [6, 6.07) is 7.94. The van der Waals surface area contributed by atoms with Crippen molar-refractivity contribution in [2.45, 2.75) is 6.42 Å². The summed E-state index contributed by atoms with van der Waals surface area (Å²) in [5, 5.41) is 4.56. The number of pyridine rings is 1. The third kappa shape index (κ3) is 2.25. The molecule has 1 unspecified atom stereocenters. The zero-order valence-corrected chi connectivity index (χ0v) is 11.0. The number of nitrogens with zero attached hydrogens (tertiary/aromatic N) is 1. The van der Waals surface area contributed by atoms with Crippen LogP contribution in [-0.2, 0) is 0 Å². The molecule has 0 bridgehead atoms. The highest BCUT2D eigenvalue weighted by molar-refractivity contribution is 7.99. The number of aromatic nitrogens is 1. The maximum Gasteiger partial charge on any atom is 0.0953 e. The molecule has 94 valence electrons. The molecule has 3 N–H and O–H groups in total. The first kappa shape index (κ1) is 11.7. The third-order valence-electron chi connectivity index (χ3n) is 3.41. The average Bonchev–Trinajstić information content (AvgIpc) is 2.92. The summed E-state index contributed by atoms with van der Waals surface area (Å²) in [5.41, 5.74) is 8.83. The summed E-state index contributed by atoms with van der Waals surface area (Å²) in [5.74, 6) is 3.35. The number of hydrogen-bond donors (Lipinski definition) is 2. The lowest BCUT2D eigenvalue weighted by atomic mass is 10.1. The fraction of sp³-hybridized carbons (Fsp3) is 0.357. The second-order valence-electron chi connectivity index (χ2n) is 4.71. The number of rotatable bonds is 3. The molecule has 1 aliphatic heterocycles. The number of nitrogens with two attached hydrogens (primary N) is 1. The average molecular weight is 259 g/mol. The molecule has 0 spiro atoms. The summed E-state index contributed by atoms with van der Waals surface area (Å²) >= 11 is 2.05. The Hall–Kier alpha value is -1.42. The number of nitrogens with one attached hydrogen (secondary N) is 1. The lowest BCUT2D eigenvalue weighted by Crippen LogP contribution is -2.13. The standard InChI is InChI=1S/C14H17N3S/c15-12-3-4-13(14-11(12)2-1-6-16-14)17-8-10-5-7-18-9-10/h1-4,6,10,17H,5,7-9,15H2. The Morgan fingerprint density at radius 3 is 3.17 bits per heavy atom. The van der Waals surface area contributed by atoms with Crippen LogP contribution in [0.2, 0.25) is 0 Å². The predicted molar refractivity (Wildman–Crippen MR) is 80.1 cm³/mol. The van der Waals surface area contributed by atoms with Crippen molar-refractivity contribution in [3.05, 3.63) is 30.5 Å². The number of anilines is 2. The maximum atomic E-state index is 5.97. The first-order valence-electron chi connectivity index (χ1n) is 6.29. The lowest BCUT2D eigenvalue weighted by Gasteiger charge is -2.13. The van der Waals surface area contributed by atoms with Crippen molar-refractivity contribution in [3.63, 3.8) is 0 Å². The molecule has 1 fully saturated rings. The Morgan fingerprint density at radius 2 is 2.33 bits per heavy atom. The van der Waals surface area contributed by atoms with Gasteiger partial charge in [-0.1, -0.05) is 0 Å². The normalized spacial score (nSPS) is 19.2. The first-order valence-corrected chi connectivity index (χ1v) is 7.45. The van der Waals surface area contributed by atoms with E-state index in [1.165, 1.54) is 17.9 Å². The van der Waals surface area contributed by atoms with Crippen LogP contribution in [0, 0.1) is 5.92 Å². The van der Waals surface area contributed by atoms with E-state index in [4.69, 9.17) is 5.73 Å². The van der Waals surface area contributed by atoms with Gasteiger partial charge in [-0.15, -0.1) is 0 Å². The maximum absolute atomic E-state index is 5.97. The molecular weight excluding hydrogens is 242 g/mol. The van der Waals surface area contributed by atoms with Crippen LogP contribution in [0.25, 0.3) is 10.9 Å². The highest BCUT2D eigenvalue weighted by atomic mass is 32.2. The zero-order chi connectivity index (χ0) is 12.4. The topological polar surface area (TPSA) is 50.9 Å². The number of nitrogen functional groups attached to an aromatic ring is 1. The number of thioether (sulfide) groups is 1. The van der Waals surface area contributed by atoms with Gasteiger partial charge in [-0.05, 0) is 48.1 Å². The van der Waals surface area contributed by atoms with Gasteiger partial charge < -0.3 is 11.1 Å². The van der Waals surface area contributed by atoms with Crippen LogP contribution in [-0.4, -0.2) is 23.0 Å². The Kier molecular flexibility index (Phi) is 3.28. The van der Waals surface area contributed by atoms with Gasteiger partial charge in [0.05, 0.1) is 11.2 Å². The summed E-state index contributed by atoms with van der Waals surface area (Å²) in [6.07, 6.45) is 3.14. The predicted octanol–water partition coefficient (Wildman–Crippen LogP) is 2.98. The Morgan fingerprint density at radius 1 is 1.39 bits per heavy atom. The van der Waals surface area contributed by atoms with Gasteiger partial charge in [0, 0.05) is 23.8 Å². The summed E-state index contributed by atoms with van der Waals surface area (Å²) in [4.78, 5) is 4.44. The molecule has 1 atom stereocenters. The fourth-order valence-corrected chi connectivity index (χ4v) is 3.62. The molecule has 1 aliphatic rings. The third-order valence-corrected chi connectivity index (χ3v) is 4.64. The second kappa shape index (κ2) is 5.06. The summed E-state index contributed by atoms with van der Waals surface area (Å²) < 4.78 is 0. The molecular formula is C14H17N3S. The molecule has 1 aromatic heterocycles. The van der Waals surface area contributed by atoms with E-state index < -0.39 is 0 Å². The van der Waals surface area contributed by atoms with Gasteiger partial charge in [0.15, 0.2) is 0 Å². The Bertz CT molecular complexity index is 550. The minimum atomic E-state index is 0.784. The zero-order valence-electron chi connectivity index (χ0n) is 10.2. The Labute approximate surface area is 111 Å². The van der Waals surface area contributed by atoms with Crippen LogP contribution in [0.5, 0.6) is 0 Å². The molecule has 3 nitrogen and oxygen atoms in total. The van der Waals surface area contributed by atoms with Crippen molar-refractivity contribution in [1.29, 1.82) is 0 Å². The lowest BCUT2D eigenvalue weighted by molar-refractivity contribution is 0.632. The number of fused-ring (bicyclic) bond motifs is 1. The first-order chi connectivity index (χ1) is 8.84. The van der Waals surface area contributed by atoms with Crippen LogP contribution in [0.3, 0.4) is 0 Å². The van der Waals surface area contributed by atoms with E-state index in [0.29, 0.717) is 0 Å². The Balaban J connectivity index is 1.85. The summed E-state index contributed by atoms with van der Waals surface area (Å²) in [6.45, 7) is 1.03.